The lowest BCUT2D eigenvalue weighted by atomic mass is 9.85. The van der Waals surface area contributed by atoms with Gasteiger partial charge in [0.05, 0.1) is 10.8 Å². The van der Waals surface area contributed by atoms with Gasteiger partial charge >= 0.3 is 5.97 Å². The molecule has 0 aromatic heterocycles. The zero-order valence-electron chi connectivity index (χ0n) is 11.9. The number of carbonyl (C=O) groups is 2. The van der Waals surface area contributed by atoms with Gasteiger partial charge in [0, 0.05) is 12.3 Å². The van der Waals surface area contributed by atoms with Crippen molar-refractivity contribution in [3.05, 3.63) is 0 Å². The Morgan fingerprint density at radius 2 is 2.11 bits per heavy atom. The minimum atomic E-state index is -0.921. The Hall–Kier alpha value is -0.750. The topological polar surface area (TPSA) is 83.6 Å². The first-order valence-electron chi connectivity index (χ1n) is 6.78. The zero-order chi connectivity index (χ0) is 14.6. The van der Waals surface area contributed by atoms with Crippen molar-refractivity contribution in [3.8, 4) is 0 Å². The maximum Gasteiger partial charge on any atom is 0.327 e. The minimum absolute atomic E-state index is 0.0315. The first-order valence-corrected chi connectivity index (χ1v) is 7.83. The van der Waals surface area contributed by atoms with E-state index in [9.17, 15) is 14.7 Å². The zero-order valence-corrected chi connectivity index (χ0v) is 12.7. The summed E-state index contributed by atoms with van der Waals surface area (Å²) in [5.74, 6) is -0.570. The molecule has 0 aromatic rings. The molecular weight excluding hydrogens is 264 g/mol. The van der Waals surface area contributed by atoms with E-state index in [2.05, 4.69) is 0 Å². The van der Waals surface area contributed by atoms with E-state index in [1.165, 1.54) is 0 Å². The molecule has 1 aliphatic rings. The number of hydrogen-bond acceptors (Lipinski definition) is 4. The number of nitrogens with two attached hydrogens (primary N) is 1. The van der Waals surface area contributed by atoms with Crippen molar-refractivity contribution >= 4 is 23.6 Å². The van der Waals surface area contributed by atoms with Crippen LogP contribution in [0.1, 0.15) is 40.0 Å². The van der Waals surface area contributed by atoms with Crippen molar-refractivity contribution in [2.24, 2.45) is 11.1 Å². The second-order valence-electron chi connectivity index (χ2n) is 5.26. The molecule has 6 heteroatoms. The molecule has 1 saturated heterocycles. The van der Waals surface area contributed by atoms with Crippen molar-refractivity contribution in [2.75, 3.05) is 12.3 Å². The highest BCUT2D eigenvalue weighted by Crippen LogP contribution is 2.36. The molecule has 1 rings (SSSR count). The van der Waals surface area contributed by atoms with Crippen molar-refractivity contribution < 1.29 is 14.7 Å². The van der Waals surface area contributed by atoms with Crippen LogP contribution in [0.15, 0.2) is 0 Å². The predicted octanol–water partition coefficient (Wildman–Crippen LogP) is 1.52. The van der Waals surface area contributed by atoms with Gasteiger partial charge in [0.15, 0.2) is 0 Å². The fraction of sp³-hybridized carbons (Fsp3) is 0.846. The second kappa shape index (κ2) is 6.61. The number of nitrogens with zero attached hydrogens (tertiary/aromatic N) is 1. The lowest BCUT2D eigenvalue weighted by Gasteiger charge is -2.35. The normalized spacial score (nSPS) is 26.2. The van der Waals surface area contributed by atoms with Gasteiger partial charge in [-0.15, -0.1) is 11.8 Å². The first-order chi connectivity index (χ1) is 8.91. The molecule has 1 fully saturated rings. The molecule has 3 unspecified atom stereocenters. The van der Waals surface area contributed by atoms with Gasteiger partial charge in [0.1, 0.15) is 6.04 Å². The predicted molar refractivity (Wildman–Crippen MR) is 76.9 cm³/mol. The van der Waals surface area contributed by atoms with Gasteiger partial charge in [-0.25, -0.2) is 4.79 Å². The molecule has 3 atom stereocenters. The fourth-order valence-corrected chi connectivity index (χ4v) is 3.70. The van der Waals surface area contributed by atoms with Crippen molar-refractivity contribution in [1.82, 2.24) is 4.90 Å². The molecule has 0 bridgehead atoms. The fourth-order valence-electron chi connectivity index (χ4n) is 2.19. The maximum atomic E-state index is 12.7. The maximum absolute atomic E-state index is 12.7. The minimum Gasteiger partial charge on any atom is -0.480 e. The standard InChI is InChI=1S/C13H24N2O3S/c1-4-6-10-15(9(7-19-10)11(16)17)12(18)13(3,5-2)8-14/h9-10H,4-8,14H2,1-3H3,(H,16,17). The molecule has 1 amide bonds. The molecular formula is C13H24N2O3S. The van der Waals surface area contributed by atoms with Crippen LogP contribution in [0.25, 0.3) is 0 Å². The molecule has 5 nitrogen and oxygen atoms in total. The third-order valence-corrected chi connectivity index (χ3v) is 5.25. The molecule has 0 spiro atoms. The molecule has 19 heavy (non-hydrogen) atoms. The highest BCUT2D eigenvalue weighted by molar-refractivity contribution is 8.00. The molecule has 0 saturated carbocycles. The second-order valence-corrected chi connectivity index (χ2v) is 6.47. The van der Waals surface area contributed by atoms with Crippen LogP contribution in [0.2, 0.25) is 0 Å². The summed E-state index contributed by atoms with van der Waals surface area (Å²) in [6.45, 7) is 6.02. The summed E-state index contributed by atoms with van der Waals surface area (Å²) in [5, 5.41) is 9.26. The summed E-state index contributed by atoms with van der Waals surface area (Å²) in [6.07, 6.45) is 2.37. The van der Waals surface area contributed by atoms with Crippen LogP contribution < -0.4 is 5.73 Å². The highest BCUT2D eigenvalue weighted by atomic mass is 32.2. The van der Waals surface area contributed by atoms with Gasteiger partial charge in [-0.05, 0) is 19.8 Å². The van der Waals surface area contributed by atoms with Crippen LogP contribution in [0.5, 0.6) is 0 Å². The van der Waals surface area contributed by atoms with E-state index in [0.29, 0.717) is 12.2 Å². The Balaban J connectivity index is 3.01. The number of hydrogen-bond donors (Lipinski definition) is 2. The van der Waals surface area contributed by atoms with E-state index < -0.39 is 17.4 Å². The van der Waals surface area contributed by atoms with Crippen molar-refractivity contribution in [2.45, 2.75) is 51.4 Å². The van der Waals surface area contributed by atoms with Crippen molar-refractivity contribution in [1.29, 1.82) is 0 Å². The third-order valence-electron chi connectivity index (χ3n) is 3.89. The lowest BCUT2D eigenvalue weighted by molar-refractivity contribution is -0.153. The van der Waals surface area contributed by atoms with E-state index in [1.807, 2.05) is 20.8 Å². The molecule has 1 heterocycles. The van der Waals surface area contributed by atoms with E-state index in [1.54, 1.807) is 16.7 Å². The number of thioether (sulfide) groups is 1. The van der Waals surface area contributed by atoms with Crippen LogP contribution >= 0.6 is 11.8 Å². The first kappa shape index (κ1) is 16.3. The van der Waals surface area contributed by atoms with Gasteiger partial charge in [-0.1, -0.05) is 20.3 Å². The average Bonchev–Trinajstić information content (AvgIpc) is 2.81. The summed E-state index contributed by atoms with van der Waals surface area (Å²) in [6, 6.07) is -0.716. The molecule has 0 aliphatic carbocycles. The van der Waals surface area contributed by atoms with Crippen LogP contribution in [0.4, 0.5) is 0 Å². The molecule has 1 aliphatic heterocycles. The Labute approximate surface area is 118 Å². The van der Waals surface area contributed by atoms with E-state index in [4.69, 9.17) is 5.73 Å². The summed E-state index contributed by atoms with van der Waals surface area (Å²) in [4.78, 5) is 25.6. The Morgan fingerprint density at radius 3 is 2.53 bits per heavy atom. The Kier molecular flexibility index (Phi) is 5.67. The molecule has 0 aromatic carbocycles. The third kappa shape index (κ3) is 3.23. The van der Waals surface area contributed by atoms with Crippen LogP contribution in [0.3, 0.4) is 0 Å². The van der Waals surface area contributed by atoms with Crippen LogP contribution in [-0.4, -0.2) is 45.6 Å². The van der Waals surface area contributed by atoms with Crippen LogP contribution in [0, 0.1) is 5.41 Å². The SMILES string of the molecule is CCCC1SCC(C(=O)O)N1C(=O)C(C)(CC)CN. The molecule has 110 valence electrons. The number of amides is 1. The molecule has 0 radical (unpaired) electrons. The average molecular weight is 288 g/mol. The monoisotopic (exact) mass is 288 g/mol. The quantitative estimate of drug-likeness (QED) is 0.774. The highest BCUT2D eigenvalue weighted by Gasteiger charge is 2.46. The van der Waals surface area contributed by atoms with Gasteiger partial charge in [0.2, 0.25) is 5.91 Å². The van der Waals surface area contributed by atoms with Crippen LogP contribution in [-0.2, 0) is 9.59 Å². The van der Waals surface area contributed by atoms with E-state index in [-0.39, 0.29) is 17.8 Å². The Bertz CT molecular complexity index is 345. The number of carbonyl (C=O) groups excluding carboxylic acids is 1. The number of carboxylic acids is 1. The van der Waals surface area contributed by atoms with E-state index in [0.717, 1.165) is 12.8 Å². The number of carboxylic acid groups (broad SMARTS) is 1. The number of aliphatic carboxylic acids is 1. The summed E-state index contributed by atoms with van der Waals surface area (Å²) in [7, 11) is 0. The van der Waals surface area contributed by atoms with Gasteiger partial charge in [-0.2, -0.15) is 0 Å². The smallest absolute Gasteiger partial charge is 0.327 e. The van der Waals surface area contributed by atoms with Crippen molar-refractivity contribution in [3.63, 3.8) is 0 Å². The largest absolute Gasteiger partial charge is 0.480 e. The summed E-state index contributed by atoms with van der Waals surface area (Å²) < 4.78 is 0. The van der Waals surface area contributed by atoms with Gasteiger partial charge < -0.3 is 15.7 Å². The summed E-state index contributed by atoms with van der Waals surface area (Å²) >= 11 is 1.56. The van der Waals surface area contributed by atoms with Gasteiger partial charge in [0.25, 0.3) is 0 Å². The molecule has 3 N–H and O–H groups in total. The lowest BCUT2D eigenvalue weighted by Crippen LogP contribution is -2.53. The number of rotatable bonds is 6. The summed E-state index contributed by atoms with van der Waals surface area (Å²) in [5.41, 5.74) is 5.06. The van der Waals surface area contributed by atoms with E-state index >= 15 is 0 Å². The van der Waals surface area contributed by atoms with Gasteiger partial charge in [-0.3, -0.25) is 4.79 Å². The Morgan fingerprint density at radius 1 is 1.47 bits per heavy atom.